The summed E-state index contributed by atoms with van der Waals surface area (Å²) in [5.41, 5.74) is 0. The Morgan fingerprint density at radius 2 is 2.29 bits per heavy atom. The summed E-state index contributed by atoms with van der Waals surface area (Å²) in [6.45, 7) is 1.70. The number of rotatable bonds is 3. The number of aromatic nitrogens is 3. The van der Waals surface area contributed by atoms with Gasteiger partial charge in [0.25, 0.3) is 6.17 Å². The molecule has 6 heteroatoms. The zero-order chi connectivity index (χ0) is 10.3. The highest BCUT2D eigenvalue weighted by atomic mass is 19.1. The van der Waals surface area contributed by atoms with Crippen LogP contribution in [0, 0.1) is 6.92 Å². The Hall–Kier alpha value is -1.46. The second-order valence-electron chi connectivity index (χ2n) is 3.41. The van der Waals surface area contributed by atoms with Crippen molar-refractivity contribution < 1.29 is 14.3 Å². The maximum Gasteiger partial charge on any atom is 0.346 e. The third-order valence-electron chi connectivity index (χ3n) is 2.25. The first kappa shape index (κ1) is 9.11. The van der Waals surface area contributed by atoms with Crippen LogP contribution in [0.25, 0.3) is 0 Å². The minimum Gasteiger partial charge on any atom is -0.479 e. The van der Waals surface area contributed by atoms with Crippen molar-refractivity contribution in [1.82, 2.24) is 14.8 Å². The van der Waals surface area contributed by atoms with Crippen LogP contribution in [0.3, 0.4) is 0 Å². The Morgan fingerprint density at radius 3 is 2.79 bits per heavy atom. The Bertz CT molecular complexity index is 373. The molecule has 1 aliphatic rings. The fraction of sp³-hybridized carbons (Fsp3) is 0.625. The molecular weight excluding hydrogens is 189 g/mol. The lowest BCUT2D eigenvalue weighted by Gasteiger charge is -2.06. The van der Waals surface area contributed by atoms with Crippen LogP contribution in [0.15, 0.2) is 0 Å². The van der Waals surface area contributed by atoms with E-state index in [0.717, 1.165) is 12.8 Å². The second-order valence-corrected chi connectivity index (χ2v) is 3.41. The number of hydrogen-bond donors (Lipinski definition) is 1. The number of aliphatic carboxylic acids is 1. The molecule has 76 valence electrons. The molecule has 2 rings (SSSR count). The summed E-state index contributed by atoms with van der Waals surface area (Å²) in [7, 11) is 0. The van der Waals surface area contributed by atoms with Gasteiger partial charge in [-0.1, -0.05) is 0 Å². The first-order valence-electron chi connectivity index (χ1n) is 4.39. The predicted molar refractivity (Wildman–Crippen MR) is 44.5 cm³/mol. The van der Waals surface area contributed by atoms with Gasteiger partial charge in [-0.15, -0.1) is 10.2 Å². The van der Waals surface area contributed by atoms with E-state index in [1.165, 1.54) is 0 Å². The van der Waals surface area contributed by atoms with Gasteiger partial charge < -0.3 is 9.67 Å². The minimum absolute atomic E-state index is 0.0856. The molecule has 0 aromatic carbocycles. The number of carboxylic acids is 1. The van der Waals surface area contributed by atoms with Crippen molar-refractivity contribution >= 4 is 5.97 Å². The maximum atomic E-state index is 13.2. The quantitative estimate of drug-likeness (QED) is 0.789. The van der Waals surface area contributed by atoms with Crippen molar-refractivity contribution in [3.8, 4) is 0 Å². The lowest BCUT2D eigenvalue weighted by atomic mass is 10.3. The largest absolute Gasteiger partial charge is 0.479 e. The summed E-state index contributed by atoms with van der Waals surface area (Å²) in [5, 5.41) is 15.8. The Kier molecular flexibility index (Phi) is 1.98. The van der Waals surface area contributed by atoms with Crippen molar-refractivity contribution in [2.24, 2.45) is 0 Å². The second kappa shape index (κ2) is 3.04. The normalized spacial score (nSPS) is 18.1. The molecule has 1 atom stereocenters. The molecule has 0 amide bonds. The van der Waals surface area contributed by atoms with Gasteiger partial charge in [0.1, 0.15) is 5.82 Å². The van der Waals surface area contributed by atoms with Crippen LogP contribution < -0.4 is 0 Å². The van der Waals surface area contributed by atoms with Gasteiger partial charge in [-0.3, -0.25) is 0 Å². The number of carboxylic acid groups (broad SMARTS) is 1. The third-order valence-corrected chi connectivity index (χ3v) is 2.25. The molecule has 0 radical (unpaired) electrons. The third kappa shape index (κ3) is 1.36. The number of carbonyl (C=O) groups is 1. The van der Waals surface area contributed by atoms with E-state index in [1.807, 2.05) is 0 Å². The monoisotopic (exact) mass is 199 g/mol. The molecule has 0 saturated heterocycles. The smallest absolute Gasteiger partial charge is 0.346 e. The first-order chi connectivity index (χ1) is 6.61. The standard InChI is InChI=1S/C8H10FN3O2/c1-4-10-11-7(6(9)8(13)14)12(4)5-2-3-5/h5-6H,2-3H2,1H3,(H,13,14). The molecule has 1 unspecified atom stereocenters. The van der Waals surface area contributed by atoms with Crippen molar-refractivity contribution in [3.63, 3.8) is 0 Å². The van der Waals surface area contributed by atoms with E-state index in [0.29, 0.717) is 5.82 Å². The highest BCUT2D eigenvalue weighted by Gasteiger charge is 2.33. The van der Waals surface area contributed by atoms with Crippen LogP contribution in [-0.4, -0.2) is 25.8 Å². The van der Waals surface area contributed by atoms with Gasteiger partial charge in [0.2, 0.25) is 0 Å². The zero-order valence-corrected chi connectivity index (χ0v) is 7.64. The number of alkyl halides is 1. The molecule has 1 aromatic heterocycles. The van der Waals surface area contributed by atoms with Crippen LogP contribution in [0.4, 0.5) is 4.39 Å². The lowest BCUT2D eigenvalue weighted by Crippen LogP contribution is -2.13. The number of halogens is 1. The first-order valence-corrected chi connectivity index (χ1v) is 4.39. The number of aryl methyl sites for hydroxylation is 1. The van der Waals surface area contributed by atoms with E-state index in [1.54, 1.807) is 11.5 Å². The average Bonchev–Trinajstić information content (AvgIpc) is 2.89. The van der Waals surface area contributed by atoms with Crippen molar-refractivity contribution in [3.05, 3.63) is 11.6 Å². The van der Waals surface area contributed by atoms with Crippen molar-refractivity contribution in [2.45, 2.75) is 32.0 Å². The summed E-state index contributed by atoms with van der Waals surface area (Å²) in [6.07, 6.45) is -0.187. The van der Waals surface area contributed by atoms with Crippen LogP contribution in [0.5, 0.6) is 0 Å². The summed E-state index contributed by atoms with van der Waals surface area (Å²) >= 11 is 0. The van der Waals surface area contributed by atoms with Gasteiger partial charge in [-0.2, -0.15) is 0 Å². The Morgan fingerprint density at radius 1 is 1.64 bits per heavy atom. The molecule has 0 bridgehead atoms. The van der Waals surface area contributed by atoms with E-state index < -0.39 is 12.1 Å². The summed E-state index contributed by atoms with van der Waals surface area (Å²) in [6, 6.07) is 0.192. The van der Waals surface area contributed by atoms with Crippen LogP contribution in [-0.2, 0) is 4.79 Å². The van der Waals surface area contributed by atoms with E-state index in [2.05, 4.69) is 10.2 Å². The fourth-order valence-electron chi connectivity index (χ4n) is 1.45. The lowest BCUT2D eigenvalue weighted by molar-refractivity contribution is -0.143. The van der Waals surface area contributed by atoms with E-state index >= 15 is 0 Å². The molecule has 1 aliphatic carbocycles. The van der Waals surface area contributed by atoms with Crippen LogP contribution in [0.2, 0.25) is 0 Å². The van der Waals surface area contributed by atoms with Gasteiger partial charge in [0.15, 0.2) is 5.82 Å². The molecule has 1 saturated carbocycles. The van der Waals surface area contributed by atoms with E-state index in [9.17, 15) is 9.18 Å². The summed E-state index contributed by atoms with van der Waals surface area (Å²) in [4.78, 5) is 10.4. The number of nitrogens with zero attached hydrogens (tertiary/aromatic N) is 3. The maximum absolute atomic E-state index is 13.2. The Labute approximate surface area is 79.6 Å². The van der Waals surface area contributed by atoms with Gasteiger partial charge in [0.05, 0.1) is 0 Å². The molecule has 0 aliphatic heterocycles. The zero-order valence-electron chi connectivity index (χ0n) is 7.64. The minimum atomic E-state index is -2.07. The van der Waals surface area contributed by atoms with Gasteiger partial charge in [-0.25, -0.2) is 9.18 Å². The molecule has 14 heavy (non-hydrogen) atoms. The average molecular weight is 199 g/mol. The van der Waals surface area contributed by atoms with Gasteiger partial charge >= 0.3 is 5.97 Å². The molecular formula is C8H10FN3O2. The van der Waals surface area contributed by atoms with Gasteiger partial charge in [-0.05, 0) is 19.8 Å². The Balaban J connectivity index is 2.37. The highest BCUT2D eigenvalue weighted by molar-refractivity contribution is 5.73. The molecule has 1 N–H and O–H groups in total. The summed E-state index contributed by atoms with van der Waals surface area (Å²) < 4.78 is 14.8. The molecule has 1 aromatic rings. The van der Waals surface area contributed by atoms with Crippen LogP contribution >= 0.6 is 0 Å². The summed E-state index contributed by atoms with van der Waals surface area (Å²) in [5.74, 6) is -1.02. The topological polar surface area (TPSA) is 68.0 Å². The van der Waals surface area contributed by atoms with Crippen LogP contribution in [0.1, 0.15) is 36.7 Å². The highest BCUT2D eigenvalue weighted by Crippen LogP contribution is 2.38. The molecule has 0 spiro atoms. The molecule has 1 fully saturated rings. The molecule has 1 heterocycles. The van der Waals surface area contributed by atoms with Crippen molar-refractivity contribution in [1.29, 1.82) is 0 Å². The fourth-order valence-corrected chi connectivity index (χ4v) is 1.45. The van der Waals surface area contributed by atoms with E-state index in [4.69, 9.17) is 5.11 Å². The van der Waals surface area contributed by atoms with Gasteiger partial charge in [0, 0.05) is 6.04 Å². The van der Waals surface area contributed by atoms with Crippen molar-refractivity contribution in [2.75, 3.05) is 0 Å². The number of hydrogen-bond acceptors (Lipinski definition) is 3. The molecule has 5 nitrogen and oxygen atoms in total. The SMILES string of the molecule is Cc1nnc(C(F)C(=O)O)n1C1CC1. The van der Waals surface area contributed by atoms with E-state index in [-0.39, 0.29) is 11.9 Å². The predicted octanol–water partition coefficient (Wildman–Crippen LogP) is 1.02.